The van der Waals surface area contributed by atoms with Crippen LogP contribution in [0.15, 0.2) is 24.3 Å². The molecule has 27 heavy (non-hydrogen) atoms. The monoisotopic (exact) mass is 382 g/mol. The van der Waals surface area contributed by atoms with Crippen LogP contribution >= 0.6 is 11.3 Å². The number of unbranched alkanes of at least 4 members (excludes halogenated alkanes) is 5. The minimum atomic E-state index is 0.831. The first-order valence-electron chi connectivity index (χ1n) is 10.7. The van der Waals surface area contributed by atoms with E-state index in [-0.39, 0.29) is 0 Å². The Kier molecular flexibility index (Phi) is 7.18. The lowest BCUT2D eigenvalue weighted by Crippen LogP contribution is -1.98. The van der Waals surface area contributed by atoms with Gasteiger partial charge in [0.1, 0.15) is 5.75 Å². The van der Waals surface area contributed by atoms with E-state index in [0.717, 1.165) is 18.8 Å². The molecule has 0 spiro atoms. The van der Waals surface area contributed by atoms with Crippen LogP contribution in [0.25, 0.3) is 20.2 Å². The van der Waals surface area contributed by atoms with Crippen molar-refractivity contribution in [1.29, 1.82) is 0 Å². The molecule has 0 radical (unpaired) electrons. The molecule has 3 rings (SSSR count). The minimum Gasteiger partial charge on any atom is -0.493 e. The summed E-state index contributed by atoms with van der Waals surface area (Å²) in [5.41, 5.74) is 4.30. The van der Waals surface area contributed by atoms with Gasteiger partial charge in [-0.15, -0.1) is 11.3 Å². The standard InChI is InChI=1S/C25H34OS/c1-5-7-9-11-17-26-23-16-15-22-21-14-13-20(12-10-8-6-2)18(3)24(21)27-25(22)19(23)4/h13-16H,5-12,17H2,1-4H3. The average molecular weight is 383 g/mol. The van der Waals surface area contributed by atoms with Gasteiger partial charge in [0.25, 0.3) is 0 Å². The first kappa shape index (κ1) is 20.2. The highest BCUT2D eigenvalue weighted by atomic mass is 32.1. The molecule has 2 aromatic carbocycles. The van der Waals surface area contributed by atoms with E-state index in [0.29, 0.717) is 0 Å². The van der Waals surface area contributed by atoms with Crippen molar-refractivity contribution in [3.05, 3.63) is 41.0 Å². The van der Waals surface area contributed by atoms with Gasteiger partial charge in [-0.2, -0.15) is 0 Å². The summed E-state index contributed by atoms with van der Waals surface area (Å²) in [6.45, 7) is 9.87. The van der Waals surface area contributed by atoms with Gasteiger partial charge in [0.2, 0.25) is 0 Å². The molecule has 2 heteroatoms. The molecule has 3 aromatic rings. The maximum atomic E-state index is 6.11. The largest absolute Gasteiger partial charge is 0.493 e. The number of benzene rings is 2. The summed E-state index contributed by atoms with van der Waals surface area (Å²) in [6.07, 6.45) is 10.1. The highest BCUT2D eigenvalue weighted by molar-refractivity contribution is 7.26. The Bertz CT molecular complexity index is 890. The second-order valence-corrected chi connectivity index (χ2v) is 8.78. The maximum Gasteiger partial charge on any atom is 0.123 e. The Balaban J connectivity index is 1.86. The van der Waals surface area contributed by atoms with Crippen molar-refractivity contribution in [1.82, 2.24) is 0 Å². The summed E-state index contributed by atoms with van der Waals surface area (Å²) in [5.74, 6) is 1.06. The smallest absolute Gasteiger partial charge is 0.123 e. The summed E-state index contributed by atoms with van der Waals surface area (Å²) in [4.78, 5) is 0. The van der Waals surface area contributed by atoms with Gasteiger partial charge in [-0.3, -0.25) is 0 Å². The van der Waals surface area contributed by atoms with E-state index in [1.165, 1.54) is 81.8 Å². The van der Waals surface area contributed by atoms with Crippen LogP contribution in [-0.4, -0.2) is 6.61 Å². The zero-order chi connectivity index (χ0) is 19.2. The number of ether oxygens (including phenoxy) is 1. The highest BCUT2D eigenvalue weighted by Crippen LogP contribution is 2.41. The number of thiophene rings is 1. The lowest BCUT2D eigenvalue weighted by atomic mass is 9.99. The number of hydrogen-bond donors (Lipinski definition) is 0. The van der Waals surface area contributed by atoms with E-state index in [1.807, 2.05) is 11.3 Å². The van der Waals surface area contributed by atoms with Crippen molar-refractivity contribution >= 4 is 31.5 Å². The summed E-state index contributed by atoms with van der Waals surface area (Å²) >= 11 is 1.95. The summed E-state index contributed by atoms with van der Waals surface area (Å²) in [6, 6.07) is 9.13. The number of aryl methyl sites for hydroxylation is 3. The third-order valence-corrected chi connectivity index (χ3v) is 7.13. The molecule has 0 fully saturated rings. The van der Waals surface area contributed by atoms with E-state index >= 15 is 0 Å². The molecule has 0 aliphatic carbocycles. The molecule has 146 valence electrons. The molecule has 0 aliphatic rings. The Morgan fingerprint density at radius 2 is 1.41 bits per heavy atom. The Morgan fingerprint density at radius 1 is 0.741 bits per heavy atom. The van der Waals surface area contributed by atoms with Gasteiger partial charge >= 0.3 is 0 Å². The maximum absolute atomic E-state index is 6.11. The van der Waals surface area contributed by atoms with E-state index in [1.54, 1.807) is 0 Å². The molecule has 0 N–H and O–H groups in total. The first-order chi connectivity index (χ1) is 13.2. The first-order valence-corrected chi connectivity index (χ1v) is 11.6. The van der Waals surface area contributed by atoms with E-state index in [2.05, 4.69) is 52.0 Å². The number of hydrogen-bond acceptors (Lipinski definition) is 2. The fraction of sp³-hybridized carbons (Fsp3) is 0.520. The van der Waals surface area contributed by atoms with Crippen LogP contribution in [0.2, 0.25) is 0 Å². The van der Waals surface area contributed by atoms with Crippen LogP contribution in [0.4, 0.5) is 0 Å². The van der Waals surface area contributed by atoms with Crippen molar-refractivity contribution in [2.75, 3.05) is 6.61 Å². The number of fused-ring (bicyclic) bond motifs is 3. The van der Waals surface area contributed by atoms with Crippen LogP contribution in [-0.2, 0) is 6.42 Å². The second kappa shape index (κ2) is 9.59. The van der Waals surface area contributed by atoms with Crippen LogP contribution < -0.4 is 4.74 Å². The van der Waals surface area contributed by atoms with Crippen molar-refractivity contribution < 1.29 is 4.74 Å². The van der Waals surface area contributed by atoms with Gasteiger partial charge in [-0.25, -0.2) is 0 Å². The summed E-state index contributed by atoms with van der Waals surface area (Å²) < 4.78 is 8.97. The lowest BCUT2D eigenvalue weighted by molar-refractivity contribution is 0.303. The highest BCUT2D eigenvalue weighted by Gasteiger charge is 2.14. The quantitative estimate of drug-likeness (QED) is 0.320. The molecule has 1 aromatic heterocycles. The fourth-order valence-corrected chi connectivity index (χ4v) is 5.22. The van der Waals surface area contributed by atoms with E-state index in [4.69, 9.17) is 4.74 Å². The van der Waals surface area contributed by atoms with Crippen LogP contribution in [0.3, 0.4) is 0 Å². The Hall–Kier alpha value is -1.54. The molecule has 1 heterocycles. The van der Waals surface area contributed by atoms with Gasteiger partial charge in [0, 0.05) is 25.7 Å². The predicted molar refractivity (Wildman–Crippen MR) is 122 cm³/mol. The molecular weight excluding hydrogens is 348 g/mol. The van der Waals surface area contributed by atoms with Gasteiger partial charge in [-0.1, -0.05) is 58.1 Å². The molecule has 0 atom stereocenters. The topological polar surface area (TPSA) is 9.23 Å². The third-order valence-electron chi connectivity index (χ3n) is 5.67. The summed E-state index contributed by atoms with van der Waals surface area (Å²) in [7, 11) is 0. The SMILES string of the molecule is CCCCCCOc1ccc2c(sc3c(C)c(CCCCC)ccc32)c1C. The number of rotatable bonds is 10. The average Bonchev–Trinajstić information content (AvgIpc) is 3.06. The van der Waals surface area contributed by atoms with Crippen molar-refractivity contribution in [2.24, 2.45) is 0 Å². The zero-order valence-corrected chi connectivity index (χ0v) is 18.3. The van der Waals surface area contributed by atoms with Crippen molar-refractivity contribution in [3.63, 3.8) is 0 Å². The van der Waals surface area contributed by atoms with E-state index in [9.17, 15) is 0 Å². The molecule has 1 nitrogen and oxygen atoms in total. The van der Waals surface area contributed by atoms with Crippen LogP contribution in [0.5, 0.6) is 5.75 Å². The van der Waals surface area contributed by atoms with Gasteiger partial charge < -0.3 is 4.74 Å². The zero-order valence-electron chi connectivity index (χ0n) is 17.5. The molecule has 0 aliphatic heterocycles. The second-order valence-electron chi connectivity index (χ2n) is 7.76. The lowest BCUT2D eigenvalue weighted by Gasteiger charge is -2.09. The van der Waals surface area contributed by atoms with E-state index < -0.39 is 0 Å². The molecule has 0 amide bonds. The fourth-order valence-electron chi connectivity index (χ4n) is 3.90. The van der Waals surface area contributed by atoms with Crippen molar-refractivity contribution in [2.45, 2.75) is 79.1 Å². The predicted octanol–water partition coefficient (Wildman–Crippen LogP) is 8.36. The van der Waals surface area contributed by atoms with Crippen molar-refractivity contribution in [3.8, 4) is 5.75 Å². The van der Waals surface area contributed by atoms with Gasteiger partial charge in [0.05, 0.1) is 6.61 Å². The minimum absolute atomic E-state index is 0.831. The Labute approximate surface area is 168 Å². The molecule has 0 unspecified atom stereocenters. The normalized spacial score (nSPS) is 11.6. The van der Waals surface area contributed by atoms with Crippen LogP contribution in [0, 0.1) is 13.8 Å². The molecule has 0 bridgehead atoms. The Morgan fingerprint density at radius 3 is 2.15 bits per heavy atom. The molecule has 0 saturated carbocycles. The van der Waals surface area contributed by atoms with Crippen LogP contribution in [0.1, 0.15) is 75.5 Å². The molecular formula is C25H34OS. The van der Waals surface area contributed by atoms with Gasteiger partial charge in [0.15, 0.2) is 0 Å². The summed E-state index contributed by atoms with van der Waals surface area (Å²) in [5, 5.41) is 2.79. The van der Waals surface area contributed by atoms with Gasteiger partial charge in [-0.05, 0) is 56.4 Å². The molecule has 0 saturated heterocycles. The third kappa shape index (κ3) is 4.48.